The molecule has 1 aromatic heterocycles. The number of aliphatic hydroxyl groups excluding tert-OH is 1. The number of carbonyl (C=O) groups excluding carboxylic acids is 2. The number of nitrogens with zero attached hydrogens (tertiary/aromatic N) is 2. The summed E-state index contributed by atoms with van der Waals surface area (Å²) in [6.45, 7) is 15.1. The molecule has 10 atom stereocenters. The van der Waals surface area contributed by atoms with Gasteiger partial charge in [0.2, 0.25) is 5.91 Å². The van der Waals surface area contributed by atoms with Crippen LogP contribution in [0.3, 0.4) is 0 Å². The zero-order valence-corrected chi connectivity index (χ0v) is 34.3. The molecular weight excluding hydrogens is 701 g/mol. The van der Waals surface area contributed by atoms with Gasteiger partial charge in [0.1, 0.15) is 0 Å². The van der Waals surface area contributed by atoms with Crippen LogP contribution in [0.4, 0.5) is 0 Å². The van der Waals surface area contributed by atoms with Crippen LogP contribution in [0.5, 0.6) is 0 Å². The van der Waals surface area contributed by atoms with Crippen LogP contribution in [-0.2, 0) is 17.8 Å². The van der Waals surface area contributed by atoms with Gasteiger partial charge in [0, 0.05) is 24.4 Å². The molecule has 1 heterocycles. The lowest BCUT2D eigenvalue weighted by Crippen LogP contribution is -2.67. The number of carboxylic acid groups (broad SMARTS) is 1. The van der Waals surface area contributed by atoms with E-state index in [2.05, 4.69) is 63.2 Å². The first kappa shape index (κ1) is 40.2. The van der Waals surface area contributed by atoms with Crippen LogP contribution < -0.4 is 10.6 Å². The molecule has 0 radical (unpaired) electrons. The van der Waals surface area contributed by atoms with E-state index < -0.39 is 11.4 Å². The van der Waals surface area contributed by atoms with Crippen LogP contribution in [0.1, 0.15) is 138 Å². The predicted octanol–water partition coefficient (Wildman–Crippen LogP) is 8.28. The highest BCUT2D eigenvalue weighted by molar-refractivity contribution is 5.94. The number of nitriles is 1. The van der Waals surface area contributed by atoms with Crippen molar-refractivity contribution in [2.45, 2.75) is 125 Å². The quantitative estimate of drug-likeness (QED) is 0.188. The standard InChI is InChI=1S/C47H62N4O5/c1-29(17-24-48)34-14-21-47(42(56)49-25-18-30-8-7-9-31(26-30)40(53)51-28-33-11-10-32(27-50-33)41(54)55)23-22-45(5)35(39(34)47)12-13-37-44(4)19-16-38(52)43(2,3)36(44)15-20-46(37,45)6/h7-11,17,26-27,34-39,52H,12-16,18-23,25,28H2,1-6H3,(H,49,56)(H,51,53)(H,54,55)/b29-17+/t34-,35?,36?,37?,38?,39?,44?,45+,46?,47?/m0/s1. The fraction of sp³-hybridized carbons (Fsp3) is 0.638. The van der Waals surface area contributed by atoms with Crippen molar-refractivity contribution in [3.05, 3.63) is 76.6 Å². The fourth-order valence-corrected chi connectivity index (χ4v) is 14.0. The number of benzene rings is 1. The van der Waals surface area contributed by atoms with Gasteiger partial charge in [0.25, 0.3) is 5.91 Å². The summed E-state index contributed by atoms with van der Waals surface area (Å²) in [4.78, 5) is 43.0. The molecule has 300 valence electrons. The van der Waals surface area contributed by atoms with E-state index >= 15 is 0 Å². The van der Waals surface area contributed by atoms with Crippen LogP contribution in [0, 0.1) is 68.0 Å². The first-order valence-electron chi connectivity index (χ1n) is 21.1. The number of nitrogens with one attached hydrogen (secondary N) is 2. The second-order valence-electron chi connectivity index (χ2n) is 19.6. The lowest BCUT2D eigenvalue weighted by atomic mass is 9.32. The summed E-state index contributed by atoms with van der Waals surface area (Å²) >= 11 is 0. The van der Waals surface area contributed by atoms with Crippen LogP contribution in [0.25, 0.3) is 0 Å². The van der Waals surface area contributed by atoms with E-state index in [-0.39, 0.29) is 63.5 Å². The summed E-state index contributed by atoms with van der Waals surface area (Å²) in [5.41, 5.74) is 3.08. The summed E-state index contributed by atoms with van der Waals surface area (Å²) in [6, 6.07) is 12.8. The molecule has 5 fully saturated rings. The predicted molar refractivity (Wildman–Crippen MR) is 215 cm³/mol. The molecule has 0 saturated heterocycles. The summed E-state index contributed by atoms with van der Waals surface area (Å²) in [5.74, 6) is 0.718. The Balaban J connectivity index is 1.07. The maximum Gasteiger partial charge on any atom is 0.337 e. The molecule has 9 nitrogen and oxygen atoms in total. The zero-order chi connectivity index (χ0) is 40.3. The number of carbonyl (C=O) groups is 3. The Morgan fingerprint density at radius 2 is 1.68 bits per heavy atom. The van der Waals surface area contributed by atoms with Gasteiger partial charge < -0.3 is 20.8 Å². The highest BCUT2D eigenvalue weighted by Crippen LogP contribution is 2.77. The molecule has 5 aliphatic rings. The lowest BCUT2D eigenvalue weighted by molar-refractivity contribution is -0.246. The smallest absolute Gasteiger partial charge is 0.337 e. The van der Waals surface area contributed by atoms with Gasteiger partial charge in [-0.1, -0.05) is 52.3 Å². The van der Waals surface area contributed by atoms with Gasteiger partial charge in [0.05, 0.1) is 35.4 Å². The molecule has 56 heavy (non-hydrogen) atoms. The molecule has 1 aromatic carbocycles. The molecule has 0 aliphatic heterocycles. The number of aromatic nitrogens is 1. The number of amides is 2. The molecule has 2 aromatic rings. The molecule has 0 spiro atoms. The molecular formula is C47H62N4O5. The number of aliphatic hydroxyl groups is 1. The minimum Gasteiger partial charge on any atom is -0.478 e. The van der Waals surface area contributed by atoms with Crippen molar-refractivity contribution in [3.8, 4) is 6.07 Å². The topological polar surface area (TPSA) is 152 Å². The van der Waals surface area contributed by atoms with Gasteiger partial charge in [-0.05, 0) is 159 Å². The van der Waals surface area contributed by atoms with Crippen molar-refractivity contribution in [2.75, 3.05) is 6.54 Å². The molecule has 5 saturated carbocycles. The van der Waals surface area contributed by atoms with Gasteiger partial charge in [-0.15, -0.1) is 0 Å². The monoisotopic (exact) mass is 762 g/mol. The third kappa shape index (κ3) is 6.39. The van der Waals surface area contributed by atoms with E-state index in [1.165, 1.54) is 18.7 Å². The highest BCUT2D eigenvalue weighted by atomic mass is 16.4. The molecule has 8 unspecified atom stereocenters. The molecule has 0 bridgehead atoms. The second-order valence-corrected chi connectivity index (χ2v) is 19.6. The van der Waals surface area contributed by atoms with E-state index in [0.717, 1.165) is 68.9 Å². The van der Waals surface area contributed by atoms with Crippen molar-refractivity contribution >= 4 is 17.8 Å². The normalized spacial score (nSPS) is 37.1. The fourth-order valence-electron chi connectivity index (χ4n) is 14.0. The van der Waals surface area contributed by atoms with Crippen LogP contribution in [0.15, 0.2) is 54.2 Å². The average molecular weight is 763 g/mol. The summed E-state index contributed by atoms with van der Waals surface area (Å²) in [6.07, 6.45) is 13.6. The molecule has 5 aliphatic carbocycles. The lowest BCUT2D eigenvalue weighted by Gasteiger charge is -2.72. The second kappa shape index (κ2) is 14.7. The minimum absolute atomic E-state index is 0.0765. The van der Waals surface area contributed by atoms with Crippen molar-refractivity contribution in [1.82, 2.24) is 15.6 Å². The van der Waals surface area contributed by atoms with Gasteiger partial charge in [-0.25, -0.2) is 4.79 Å². The van der Waals surface area contributed by atoms with Crippen molar-refractivity contribution in [1.29, 1.82) is 5.26 Å². The van der Waals surface area contributed by atoms with Crippen molar-refractivity contribution in [2.24, 2.45) is 56.7 Å². The number of allylic oxidation sites excluding steroid dienone is 2. The van der Waals surface area contributed by atoms with E-state index in [9.17, 15) is 24.8 Å². The van der Waals surface area contributed by atoms with Crippen molar-refractivity contribution in [3.63, 3.8) is 0 Å². The summed E-state index contributed by atoms with van der Waals surface area (Å²) in [5, 5.41) is 36.3. The third-order valence-electron chi connectivity index (χ3n) is 17.1. The van der Waals surface area contributed by atoms with Crippen LogP contribution in [-0.4, -0.2) is 45.6 Å². The number of fused-ring (bicyclic) bond motifs is 7. The van der Waals surface area contributed by atoms with Crippen LogP contribution >= 0.6 is 0 Å². The Bertz CT molecular complexity index is 1930. The van der Waals surface area contributed by atoms with Crippen molar-refractivity contribution < 1.29 is 24.6 Å². The maximum atomic E-state index is 14.7. The summed E-state index contributed by atoms with van der Waals surface area (Å²) in [7, 11) is 0. The SMILES string of the molecule is C/C(=C\C#N)[C@@H]1CCC2(C(=O)NCCc3cccc(C(=O)NCc4ccc(C(=O)O)cn4)c3)CC[C@]3(C)C(CCC4C5(C)CCC(O)C(C)(C)C5CCC43C)C12. The number of pyridine rings is 1. The Morgan fingerprint density at radius 3 is 2.39 bits per heavy atom. The Labute approximate surface area is 333 Å². The number of carboxylic acids is 1. The Kier molecular flexibility index (Phi) is 10.6. The third-order valence-corrected chi connectivity index (χ3v) is 17.1. The number of aromatic carboxylic acids is 1. The summed E-state index contributed by atoms with van der Waals surface area (Å²) < 4.78 is 0. The number of rotatable bonds is 9. The van der Waals surface area contributed by atoms with E-state index in [4.69, 9.17) is 5.11 Å². The molecule has 2 amide bonds. The first-order valence-corrected chi connectivity index (χ1v) is 21.1. The Hall–Kier alpha value is -4.03. The maximum absolute atomic E-state index is 14.7. The molecule has 9 heteroatoms. The minimum atomic E-state index is -1.05. The average Bonchev–Trinajstić information content (AvgIpc) is 3.57. The zero-order valence-electron chi connectivity index (χ0n) is 34.3. The van der Waals surface area contributed by atoms with Gasteiger partial charge in [0.15, 0.2) is 0 Å². The van der Waals surface area contributed by atoms with E-state index in [1.807, 2.05) is 18.2 Å². The number of hydrogen-bond acceptors (Lipinski definition) is 6. The number of hydrogen-bond donors (Lipinski definition) is 4. The molecule has 7 rings (SSSR count). The Morgan fingerprint density at radius 1 is 0.893 bits per heavy atom. The molecule has 4 N–H and O–H groups in total. The van der Waals surface area contributed by atoms with Gasteiger partial charge >= 0.3 is 5.97 Å². The van der Waals surface area contributed by atoms with E-state index in [0.29, 0.717) is 42.0 Å². The highest BCUT2D eigenvalue weighted by Gasteiger charge is 2.71. The van der Waals surface area contributed by atoms with Gasteiger partial charge in [-0.2, -0.15) is 5.26 Å². The first-order chi connectivity index (χ1) is 26.5. The van der Waals surface area contributed by atoms with Crippen LogP contribution in [0.2, 0.25) is 0 Å². The van der Waals surface area contributed by atoms with E-state index in [1.54, 1.807) is 18.2 Å². The van der Waals surface area contributed by atoms with Gasteiger partial charge in [-0.3, -0.25) is 14.6 Å². The largest absolute Gasteiger partial charge is 0.478 e.